The number of carbonyl (C=O) groups is 2. The third kappa shape index (κ3) is 1.73. The Kier molecular flexibility index (Phi) is 2.91. The molecule has 1 aliphatic carbocycles. The highest BCUT2D eigenvalue weighted by Crippen LogP contribution is 2.32. The van der Waals surface area contributed by atoms with E-state index >= 15 is 0 Å². The molecule has 0 fully saturated rings. The summed E-state index contributed by atoms with van der Waals surface area (Å²) in [4.78, 5) is 29.0. The van der Waals surface area contributed by atoms with E-state index in [0.717, 1.165) is 0 Å². The summed E-state index contributed by atoms with van der Waals surface area (Å²) >= 11 is 0. The topological polar surface area (TPSA) is 56.3 Å². The highest BCUT2D eigenvalue weighted by Gasteiger charge is 2.33. The van der Waals surface area contributed by atoms with E-state index in [2.05, 4.69) is 4.98 Å². The number of nitrogens with zero attached hydrogens (tertiary/aromatic N) is 1. The van der Waals surface area contributed by atoms with Crippen LogP contribution in [0.3, 0.4) is 0 Å². The zero-order valence-electron chi connectivity index (χ0n) is 10.8. The highest BCUT2D eigenvalue weighted by atomic mass is 16.5. The Bertz CT molecular complexity index is 732. The molecule has 0 spiro atoms. The molecule has 0 N–H and O–H groups in total. The minimum atomic E-state index is -0.276. The number of aromatic nitrogens is 1. The number of ether oxygens (including phenoxy) is 1. The van der Waals surface area contributed by atoms with Crippen molar-refractivity contribution in [3.8, 4) is 0 Å². The van der Waals surface area contributed by atoms with Crippen LogP contribution >= 0.6 is 0 Å². The van der Waals surface area contributed by atoms with Crippen molar-refractivity contribution < 1.29 is 14.3 Å². The number of carbonyl (C=O) groups excluding carboxylic acids is 2. The third-order valence-corrected chi connectivity index (χ3v) is 3.23. The van der Waals surface area contributed by atoms with Gasteiger partial charge in [0, 0.05) is 29.1 Å². The second-order valence-corrected chi connectivity index (χ2v) is 4.35. The average Bonchev–Trinajstić information content (AvgIpc) is 2.51. The fourth-order valence-electron chi connectivity index (χ4n) is 2.32. The molecule has 0 radical (unpaired) electrons. The lowest BCUT2D eigenvalue weighted by molar-refractivity contribution is 0.0925. The van der Waals surface area contributed by atoms with E-state index in [9.17, 15) is 9.59 Å². The second-order valence-electron chi connectivity index (χ2n) is 4.35. The molecule has 0 atom stereocenters. The number of benzene rings is 1. The largest absolute Gasteiger partial charge is 0.492 e. The number of allylic oxidation sites excluding steroid dienone is 2. The zero-order valence-corrected chi connectivity index (χ0v) is 10.8. The maximum Gasteiger partial charge on any atom is 0.229 e. The molecule has 1 aromatic heterocycles. The number of hydrogen-bond acceptors (Lipinski definition) is 4. The van der Waals surface area contributed by atoms with Gasteiger partial charge in [-0.1, -0.05) is 30.3 Å². The summed E-state index contributed by atoms with van der Waals surface area (Å²) in [6, 6.07) is 10.2. The van der Waals surface area contributed by atoms with Crippen LogP contribution in [0.25, 0.3) is 5.57 Å². The summed E-state index contributed by atoms with van der Waals surface area (Å²) < 4.78 is 5.18. The van der Waals surface area contributed by atoms with E-state index < -0.39 is 0 Å². The molecule has 0 saturated heterocycles. The van der Waals surface area contributed by atoms with Crippen molar-refractivity contribution in [2.75, 3.05) is 7.11 Å². The minimum Gasteiger partial charge on any atom is -0.492 e. The first-order chi connectivity index (χ1) is 9.74. The Labute approximate surface area is 115 Å². The maximum absolute atomic E-state index is 12.6. The fourth-order valence-corrected chi connectivity index (χ4v) is 2.32. The van der Waals surface area contributed by atoms with E-state index in [-0.39, 0.29) is 22.9 Å². The van der Waals surface area contributed by atoms with Crippen LogP contribution in [-0.2, 0) is 4.74 Å². The van der Waals surface area contributed by atoms with Crippen molar-refractivity contribution >= 4 is 17.1 Å². The number of ketones is 2. The van der Waals surface area contributed by atoms with E-state index in [1.807, 2.05) is 0 Å². The van der Waals surface area contributed by atoms with Crippen LogP contribution in [0.5, 0.6) is 0 Å². The molecule has 0 aliphatic heterocycles. The van der Waals surface area contributed by atoms with Crippen LogP contribution in [0.15, 0.2) is 54.6 Å². The first-order valence-corrected chi connectivity index (χ1v) is 6.11. The normalized spacial score (nSPS) is 14.2. The third-order valence-electron chi connectivity index (χ3n) is 3.23. The molecule has 98 valence electrons. The predicted octanol–water partition coefficient (Wildman–Crippen LogP) is 2.52. The van der Waals surface area contributed by atoms with Crippen LogP contribution in [0, 0.1) is 0 Å². The van der Waals surface area contributed by atoms with Gasteiger partial charge in [0.2, 0.25) is 5.78 Å². The van der Waals surface area contributed by atoms with Gasteiger partial charge in [-0.25, -0.2) is 0 Å². The van der Waals surface area contributed by atoms with Crippen molar-refractivity contribution in [1.29, 1.82) is 0 Å². The zero-order chi connectivity index (χ0) is 14.1. The van der Waals surface area contributed by atoms with Gasteiger partial charge in [0.05, 0.1) is 12.7 Å². The lowest BCUT2D eigenvalue weighted by Gasteiger charge is -2.19. The van der Waals surface area contributed by atoms with Gasteiger partial charge in [0.15, 0.2) is 11.5 Å². The van der Waals surface area contributed by atoms with Crippen LogP contribution in [0.2, 0.25) is 0 Å². The number of fused-ring (bicyclic) bond motifs is 1. The van der Waals surface area contributed by atoms with E-state index in [4.69, 9.17) is 4.74 Å². The molecule has 20 heavy (non-hydrogen) atoms. The Morgan fingerprint density at radius 2 is 1.65 bits per heavy atom. The molecule has 0 amide bonds. The fraction of sp³-hybridized carbons (Fsp3) is 0.0625. The summed E-state index contributed by atoms with van der Waals surface area (Å²) in [7, 11) is 1.39. The summed E-state index contributed by atoms with van der Waals surface area (Å²) in [6.45, 7) is 0. The van der Waals surface area contributed by atoms with Crippen LogP contribution in [-0.4, -0.2) is 23.7 Å². The number of hydrogen-bond donors (Lipinski definition) is 0. The molecule has 1 aromatic carbocycles. The van der Waals surface area contributed by atoms with Crippen molar-refractivity contribution in [1.82, 2.24) is 4.98 Å². The first kappa shape index (κ1) is 12.3. The van der Waals surface area contributed by atoms with Gasteiger partial charge in [0.25, 0.3) is 0 Å². The van der Waals surface area contributed by atoms with Gasteiger partial charge < -0.3 is 4.74 Å². The monoisotopic (exact) mass is 265 g/mol. The Morgan fingerprint density at radius 3 is 2.25 bits per heavy atom. The van der Waals surface area contributed by atoms with Crippen molar-refractivity contribution in [3.63, 3.8) is 0 Å². The first-order valence-electron chi connectivity index (χ1n) is 6.11. The Hall–Kier alpha value is -2.75. The van der Waals surface area contributed by atoms with E-state index in [1.165, 1.54) is 7.11 Å². The summed E-state index contributed by atoms with van der Waals surface area (Å²) in [6.07, 6.45) is 3.16. The molecule has 0 bridgehead atoms. The molecule has 4 nitrogen and oxygen atoms in total. The molecular weight excluding hydrogens is 254 g/mol. The summed E-state index contributed by atoms with van der Waals surface area (Å²) in [5.41, 5.74) is 1.63. The lowest BCUT2D eigenvalue weighted by atomic mass is 9.85. The van der Waals surface area contributed by atoms with E-state index in [0.29, 0.717) is 16.7 Å². The van der Waals surface area contributed by atoms with Crippen molar-refractivity contribution in [3.05, 3.63) is 71.2 Å². The lowest BCUT2D eigenvalue weighted by Crippen LogP contribution is -2.22. The van der Waals surface area contributed by atoms with Gasteiger partial charge >= 0.3 is 0 Å². The molecule has 1 heterocycles. The van der Waals surface area contributed by atoms with E-state index in [1.54, 1.807) is 48.8 Å². The van der Waals surface area contributed by atoms with Gasteiger partial charge in [0.1, 0.15) is 0 Å². The summed E-state index contributed by atoms with van der Waals surface area (Å²) in [5, 5.41) is 0. The standard InChI is InChI=1S/C16H11NO3/c1-20-16-13(10-5-4-8-17-9-10)14(18)11-6-2-3-7-12(11)15(16)19/h2-9H,1H3. The average molecular weight is 265 g/mol. The highest BCUT2D eigenvalue weighted by molar-refractivity contribution is 6.39. The molecular formula is C16H11NO3. The smallest absolute Gasteiger partial charge is 0.229 e. The van der Waals surface area contributed by atoms with Crippen LogP contribution in [0.1, 0.15) is 26.3 Å². The number of Topliss-reactive ketones (excluding diaryl/α,β-unsaturated/α-hetero) is 2. The molecule has 0 unspecified atom stereocenters. The minimum absolute atomic E-state index is 0.0710. The Balaban J connectivity index is 2.27. The van der Waals surface area contributed by atoms with Crippen LogP contribution in [0.4, 0.5) is 0 Å². The number of methoxy groups -OCH3 is 1. The van der Waals surface area contributed by atoms with Gasteiger partial charge in [-0.3, -0.25) is 14.6 Å². The number of pyridine rings is 1. The number of rotatable bonds is 2. The summed E-state index contributed by atoms with van der Waals surface area (Å²) in [5.74, 6) is -0.423. The predicted molar refractivity (Wildman–Crippen MR) is 73.3 cm³/mol. The maximum atomic E-state index is 12.6. The SMILES string of the molecule is COC1=C(c2cccnc2)C(=O)c2ccccc2C1=O. The molecule has 1 aliphatic rings. The van der Waals surface area contributed by atoms with Gasteiger partial charge in [-0.15, -0.1) is 0 Å². The van der Waals surface area contributed by atoms with Crippen molar-refractivity contribution in [2.45, 2.75) is 0 Å². The van der Waals surface area contributed by atoms with Gasteiger partial charge in [-0.2, -0.15) is 0 Å². The molecule has 4 heteroatoms. The van der Waals surface area contributed by atoms with Gasteiger partial charge in [-0.05, 0) is 6.07 Å². The Morgan fingerprint density at radius 1 is 0.950 bits per heavy atom. The van der Waals surface area contributed by atoms with Crippen LogP contribution < -0.4 is 0 Å². The molecule has 0 saturated carbocycles. The van der Waals surface area contributed by atoms with Crippen molar-refractivity contribution in [2.24, 2.45) is 0 Å². The molecule has 2 aromatic rings. The second kappa shape index (κ2) is 4.74. The molecule has 3 rings (SSSR count). The quantitative estimate of drug-likeness (QED) is 0.837.